The maximum absolute atomic E-state index is 11.0. The van der Waals surface area contributed by atoms with Gasteiger partial charge in [-0.1, -0.05) is 19.8 Å². The van der Waals surface area contributed by atoms with Crippen molar-refractivity contribution in [2.75, 3.05) is 0 Å². The Morgan fingerprint density at radius 3 is 2.75 bits per heavy atom. The van der Waals surface area contributed by atoms with Gasteiger partial charge in [0.05, 0.1) is 12.1 Å². The largest absolute Gasteiger partial charge is 0.391 e. The predicted octanol–water partition coefficient (Wildman–Crippen LogP) is 0.816. The van der Waals surface area contributed by atoms with Gasteiger partial charge in [-0.15, -0.1) is 0 Å². The average molecular weight is 171 g/mol. The van der Waals surface area contributed by atoms with Crippen LogP contribution in [-0.4, -0.2) is 23.2 Å². The molecule has 3 heteroatoms. The van der Waals surface area contributed by atoms with Crippen LogP contribution in [0.3, 0.4) is 0 Å². The summed E-state index contributed by atoms with van der Waals surface area (Å²) in [6.45, 7) is 1.82. The fourth-order valence-electron chi connectivity index (χ4n) is 1.59. The van der Waals surface area contributed by atoms with E-state index in [9.17, 15) is 9.90 Å². The van der Waals surface area contributed by atoms with Crippen LogP contribution in [-0.2, 0) is 4.79 Å². The zero-order valence-electron chi connectivity index (χ0n) is 7.55. The molecular weight excluding hydrogens is 154 g/mol. The molecule has 0 radical (unpaired) electrons. The molecule has 1 saturated carbocycles. The SMILES string of the molecule is CCC(=O)NC1CCCCC1O. The summed E-state index contributed by atoms with van der Waals surface area (Å²) in [5.74, 6) is 0.0425. The Labute approximate surface area is 73.2 Å². The summed E-state index contributed by atoms with van der Waals surface area (Å²) in [5, 5.41) is 12.3. The lowest BCUT2D eigenvalue weighted by Gasteiger charge is -2.28. The van der Waals surface area contributed by atoms with Crippen molar-refractivity contribution in [1.82, 2.24) is 5.32 Å². The quantitative estimate of drug-likeness (QED) is 0.646. The van der Waals surface area contributed by atoms with Crippen LogP contribution in [0.4, 0.5) is 0 Å². The molecule has 0 aromatic heterocycles. The third-order valence-corrected chi connectivity index (χ3v) is 2.40. The third-order valence-electron chi connectivity index (χ3n) is 2.40. The lowest BCUT2D eigenvalue weighted by molar-refractivity contribution is -0.122. The lowest BCUT2D eigenvalue weighted by atomic mass is 9.92. The van der Waals surface area contributed by atoms with Crippen LogP contribution in [0.1, 0.15) is 39.0 Å². The Morgan fingerprint density at radius 1 is 1.50 bits per heavy atom. The molecule has 2 atom stereocenters. The number of nitrogens with one attached hydrogen (secondary N) is 1. The molecule has 1 fully saturated rings. The van der Waals surface area contributed by atoms with E-state index >= 15 is 0 Å². The van der Waals surface area contributed by atoms with E-state index in [1.807, 2.05) is 6.92 Å². The molecule has 1 rings (SSSR count). The van der Waals surface area contributed by atoms with Gasteiger partial charge in [0.1, 0.15) is 0 Å². The van der Waals surface area contributed by atoms with E-state index in [0.29, 0.717) is 6.42 Å². The summed E-state index contributed by atoms with van der Waals surface area (Å²) in [6.07, 6.45) is 4.13. The second-order valence-corrected chi connectivity index (χ2v) is 3.38. The molecule has 70 valence electrons. The highest BCUT2D eigenvalue weighted by atomic mass is 16.3. The van der Waals surface area contributed by atoms with Crippen molar-refractivity contribution in [3.63, 3.8) is 0 Å². The van der Waals surface area contributed by atoms with Crippen LogP contribution in [0.2, 0.25) is 0 Å². The number of rotatable bonds is 2. The number of hydrogen-bond donors (Lipinski definition) is 2. The first kappa shape index (κ1) is 9.52. The van der Waals surface area contributed by atoms with E-state index in [1.54, 1.807) is 0 Å². The van der Waals surface area contributed by atoms with Gasteiger partial charge >= 0.3 is 0 Å². The van der Waals surface area contributed by atoms with Gasteiger partial charge < -0.3 is 10.4 Å². The van der Waals surface area contributed by atoms with Gasteiger partial charge in [-0.25, -0.2) is 0 Å². The smallest absolute Gasteiger partial charge is 0.220 e. The Morgan fingerprint density at radius 2 is 2.17 bits per heavy atom. The fraction of sp³-hybridized carbons (Fsp3) is 0.889. The summed E-state index contributed by atoms with van der Waals surface area (Å²) in [7, 11) is 0. The van der Waals surface area contributed by atoms with E-state index in [-0.39, 0.29) is 18.1 Å². The molecule has 12 heavy (non-hydrogen) atoms. The lowest BCUT2D eigenvalue weighted by Crippen LogP contribution is -2.44. The summed E-state index contributed by atoms with van der Waals surface area (Å²) in [4.78, 5) is 11.0. The van der Waals surface area contributed by atoms with E-state index in [4.69, 9.17) is 0 Å². The van der Waals surface area contributed by atoms with E-state index in [1.165, 1.54) is 0 Å². The zero-order valence-corrected chi connectivity index (χ0v) is 7.55. The van der Waals surface area contributed by atoms with Crippen LogP contribution in [0.25, 0.3) is 0 Å². The molecule has 3 nitrogen and oxygen atoms in total. The van der Waals surface area contributed by atoms with Crippen LogP contribution >= 0.6 is 0 Å². The first-order valence-corrected chi connectivity index (χ1v) is 4.71. The molecular formula is C9H17NO2. The van der Waals surface area contributed by atoms with Crippen LogP contribution in [0, 0.1) is 0 Å². The highest BCUT2D eigenvalue weighted by Gasteiger charge is 2.23. The second-order valence-electron chi connectivity index (χ2n) is 3.38. The van der Waals surface area contributed by atoms with E-state index in [0.717, 1.165) is 25.7 Å². The summed E-state index contributed by atoms with van der Waals surface area (Å²) < 4.78 is 0. The van der Waals surface area contributed by atoms with Crippen molar-refractivity contribution in [1.29, 1.82) is 0 Å². The molecule has 1 aliphatic rings. The van der Waals surface area contributed by atoms with Crippen molar-refractivity contribution in [2.45, 2.75) is 51.2 Å². The van der Waals surface area contributed by atoms with E-state index in [2.05, 4.69) is 5.32 Å². The molecule has 0 aromatic carbocycles. The second kappa shape index (κ2) is 4.45. The van der Waals surface area contributed by atoms with Gasteiger partial charge in [0.25, 0.3) is 0 Å². The minimum atomic E-state index is -0.325. The van der Waals surface area contributed by atoms with Gasteiger partial charge in [-0.05, 0) is 12.8 Å². The van der Waals surface area contributed by atoms with Crippen molar-refractivity contribution >= 4 is 5.91 Å². The molecule has 1 aliphatic carbocycles. The van der Waals surface area contributed by atoms with Gasteiger partial charge in [0.2, 0.25) is 5.91 Å². The van der Waals surface area contributed by atoms with Gasteiger partial charge in [0.15, 0.2) is 0 Å². The fourth-order valence-corrected chi connectivity index (χ4v) is 1.59. The molecule has 0 aliphatic heterocycles. The van der Waals surface area contributed by atoms with Crippen molar-refractivity contribution in [2.24, 2.45) is 0 Å². The minimum Gasteiger partial charge on any atom is -0.391 e. The Kier molecular flexibility index (Phi) is 3.53. The highest BCUT2D eigenvalue weighted by molar-refractivity contribution is 5.75. The maximum atomic E-state index is 11.0. The zero-order chi connectivity index (χ0) is 8.97. The normalized spacial score (nSPS) is 29.8. The van der Waals surface area contributed by atoms with Crippen molar-refractivity contribution in [3.05, 3.63) is 0 Å². The summed E-state index contributed by atoms with van der Waals surface area (Å²) >= 11 is 0. The third kappa shape index (κ3) is 2.48. The number of aliphatic hydroxyl groups is 1. The van der Waals surface area contributed by atoms with E-state index < -0.39 is 0 Å². The Balaban J connectivity index is 2.33. The molecule has 0 bridgehead atoms. The first-order chi connectivity index (χ1) is 5.74. The number of carbonyl (C=O) groups excluding carboxylic acids is 1. The molecule has 1 amide bonds. The Hall–Kier alpha value is -0.570. The van der Waals surface area contributed by atoms with Crippen molar-refractivity contribution < 1.29 is 9.90 Å². The van der Waals surface area contributed by atoms with Crippen LogP contribution in [0.5, 0.6) is 0 Å². The summed E-state index contributed by atoms with van der Waals surface area (Å²) in [5.41, 5.74) is 0. The molecule has 0 heterocycles. The molecule has 0 spiro atoms. The first-order valence-electron chi connectivity index (χ1n) is 4.71. The molecule has 0 saturated heterocycles. The maximum Gasteiger partial charge on any atom is 0.220 e. The van der Waals surface area contributed by atoms with Gasteiger partial charge in [0, 0.05) is 6.42 Å². The monoisotopic (exact) mass is 171 g/mol. The minimum absolute atomic E-state index is 0.00574. The number of hydrogen-bond acceptors (Lipinski definition) is 2. The Bertz CT molecular complexity index is 159. The van der Waals surface area contributed by atoms with Gasteiger partial charge in [-0.3, -0.25) is 4.79 Å². The number of amides is 1. The van der Waals surface area contributed by atoms with Crippen molar-refractivity contribution in [3.8, 4) is 0 Å². The molecule has 2 N–H and O–H groups in total. The molecule has 2 unspecified atom stereocenters. The molecule has 0 aromatic rings. The predicted molar refractivity (Wildman–Crippen MR) is 46.7 cm³/mol. The van der Waals surface area contributed by atoms with Gasteiger partial charge in [-0.2, -0.15) is 0 Å². The van der Waals surface area contributed by atoms with Crippen LogP contribution < -0.4 is 5.32 Å². The summed E-state index contributed by atoms with van der Waals surface area (Å²) in [6, 6.07) is 0.00574. The number of aliphatic hydroxyl groups excluding tert-OH is 1. The standard InChI is InChI=1S/C9H17NO2/c1-2-9(12)10-7-5-3-4-6-8(7)11/h7-8,11H,2-6H2,1H3,(H,10,12). The average Bonchev–Trinajstić information content (AvgIpc) is 2.09. The topological polar surface area (TPSA) is 49.3 Å². The van der Waals surface area contributed by atoms with Crippen LogP contribution in [0.15, 0.2) is 0 Å². The number of carbonyl (C=O) groups is 1. The highest BCUT2D eigenvalue weighted by Crippen LogP contribution is 2.18.